The molecule has 0 saturated carbocycles. The Morgan fingerprint density at radius 1 is 1.69 bits per heavy atom. The van der Waals surface area contributed by atoms with Crippen LogP contribution in [0.4, 0.5) is 0 Å². The summed E-state index contributed by atoms with van der Waals surface area (Å²) in [6.45, 7) is 3.42. The Hall–Kier alpha value is -0.870. The van der Waals surface area contributed by atoms with E-state index in [0.717, 1.165) is 4.88 Å². The van der Waals surface area contributed by atoms with Crippen LogP contribution in [-0.4, -0.2) is 16.6 Å². The van der Waals surface area contributed by atoms with Gasteiger partial charge >= 0.3 is 0 Å². The second-order valence-electron chi connectivity index (χ2n) is 3.32. The first-order valence-electron chi connectivity index (χ1n) is 4.03. The number of rotatable bonds is 3. The van der Waals surface area contributed by atoms with Crippen molar-refractivity contribution in [3.63, 3.8) is 0 Å². The van der Waals surface area contributed by atoms with Crippen molar-refractivity contribution >= 4 is 17.2 Å². The zero-order chi connectivity index (χ0) is 9.90. The largest absolute Gasteiger partial charge is 0.381 e. The van der Waals surface area contributed by atoms with E-state index in [9.17, 15) is 9.90 Å². The van der Waals surface area contributed by atoms with E-state index in [1.54, 1.807) is 11.3 Å². The zero-order valence-corrected chi connectivity index (χ0v) is 8.52. The standard InChI is InChI=1S/C9H13NO2S/c1-9(2,12)8(11)10-6-7-4-3-5-13-7/h3-5,12H,6H2,1-2H3,(H,10,11). The van der Waals surface area contributed by atoms with E-state index in [0.29, 0.717) is 6.54 Å². The lowest BCUT2D eigenvalue weighted by Crippen LogP contribution is -2.41. The van der Waals surface area contributed by atoms with Crippen LogP contribution in [0.1, 0.15) is 18.7 Å². The summed E-state index contributed by atoms with van der Waals surface area (Å²) in [5, 5.41) is 13.9. The molecule has 72 valence electrons. The molecule has 0 aliphatic rings. The molecule has 0 aromatic carbocycles. The first kappa shape index (κ1) is 10.2. The SMILES string of the molecule is CC(C)(O)C(=O)NCc1cccs1. The third-order valence-corrected chi connectivity index (χ3v) is 2.44. The molecule has 0 radical (unpaired) electrons. The molecule has 1 amide bonds. The molecule has 0 spiro atoms. The molecule has 0 unspecified atom stereocenters. The van der Waals surface area contributed by atoms with E-state index >= 15 is 0 Å². The monoisotopic (exact) mass is 199 g/mol. The Bertz CT molecular complexity index is 274. The molecule has 1 rings (SSSR count). The molecule has 1 aromatic heterocycles. The van der Waals surface area contributed by atoms with Gasteiger partial charge in [0.2, 0.25) is 0 Å². The van der Waals surface area contributed by atoms with Gasteiger partial charge in [0.1, 0.15) is 5.60 Å². The lowest BCUT2D eigenvalue weighted by atomic mass is 10.1. The normalized spacial score (nSPS) is 11.3. The van der Waals surface area contributed by atoms with Gasteiger partial charge in [-0.15, -0.1) is 11.3 Å². The van der Waals surface area contributed by atoms with Crippen molar-refractivity contribution in [2.75, 3.05) is 0 Å². The Kier molecular flexibility index (Phi) is 3.06. The average Bonchev–Trinajstić information content (AvgIpc) is 2.50. The quantitative estimate of drug-likeness (QED) is 0.766. The van der Waals surface area contributed by atoms with E-state index in [-0.39, 0.29) is 5.91 Å². The number of amides is 1. The van der Waals surface area contributed by atoms with Gasteiger partial charge in [0, 0.05) is 4.88 Å². The Labute approximate surface area is 81.4 Å². The Balaban J connectivity index is 2.40. The molecule has 0 bridgehead atoms. The number of thiophene rings is 1. The minimum Gasteiger partial charge on any atom is -0.381 e. The van der Waals surface area contributed by atoms with Crippen LogP contribution in [0.3, 0.4) is 0 Å². The lowest BCUT2D eigenvalue weighted by Gasteiger charge is -2.15. The molecule has 3 nitrogen and oxygen atoms in total. The minimum absolute atomic E-state index is 0.346. The van der Waals surface area contributed by atoms with Gasteiger partial charge in [0.15, 0.2) is 0 Å². The number of hydrogen-bond donors (Lipinski definition) is 2. The second kappa shape index (κ2) is 3.89. The maximum absolute atomic E-state index is 11.2. The van der Waals surface area contributed by atoms with E-state index in [1.165, 1.54) is 13.8 Å². The molecule has 4 heteroatoms. The highest BCUT2D eigenvalue weighted by molar-refractivity contribution is 7.09. The summed E-state index contributed by atoms with van der Waals surface area (Å²) in [5.74, 6) is -0.346. The first-order valence-corrected chi connectivity index (χ1v) is 4.91. The summed E-state index contributed by atoms with van der Waals surface area (Å²) in [6, 6.07) is 3.87. The number of carbonyl (C=O) groups is 1. The molecular formula is C9H13NO2S. The zero-order valence-electron chi connectivity index (χ0n) is 7.70. The van der Waals surface area contributed by atoms with Gasteiger partial charge in [-0.05, 0) is 25.3 Å². The summed E-state index contributed by atoms with van der Waals surface area (Å²) in [6.07, 6.45) is 0. The van der Waals surface area contributed by atoms with Crippen LogP contribution in [0.2, 0.25) is 0 Å². The van der Waals surface area contributed by atoms with E-state index in [2.05, 4.69) is 5.32 Å². The molecule has 2 N–H and O–H groups in total. The second-order valence-corrected chi connectivity index (χ2v) is 4.35. The lowest BCUT2D eigenvalue weighted by molar-refractivity contribution is -0.136. The van der Waals surface area contributed by atoms with Crippen LogP contribution < -0.4 is 5.32 Å². The fourth-order valence-electron chi connectivity index (χ4n) is 0.797. The number of hydrogen-bond acceptors (Lipinski definition) is 3. The third-order valence-electron chi connectivity index (χ3n) is 1.56. The molecule has 0 fully saturated rings. The maximum atomic E-state index is 11.2. The average molecular weight is 199 g/mol. The van der Waals surface area contributed by atoms with Gasteiger partial charge in [-0.3, -0.25) is 4.79 Å². The van der Waals surface area contributed by atoms with Gasteiger partial charge in [0.05, 0.1) is 6.54 Å². The van der Waals surface area contributed by atoms with Crippen molar-refractivity contribution in [3.05, 3.63) is 22.4 Å². The maximum Gasteiger partial charge on any atom is 0.251 e. The third kappa shape index (κ3) is 3.16. The highest BCUT2D eigenvalue weighted by Gasteiger charge is 2.22. The van der Waals surface area contributed by atoms with Gasteiger partial charge in [0.25, 0.3) is 5.91 Å². The summed E-state index contributed by atoms with van der Waals surface area (Å²) in [7, 11) is 0. The summed E-state index contributed by atoms with van der Waals surface area (Å²) < 4.78 is 0. The van der Waals surface area contributed by atoms with Gasteiger partial charge in [-0.25, -0.2) is 0 Å². The Morgan fingerprint density at radius 3 is 2.85 bits per heavy atom. The van der Waals surface area contributed by atoms with Crippen molar-refractivity contribution in [2.45, 2.75) is 26.0 Å². The molecule has 0 aliphatic heterocycles. The smallest absolute Gasteiger partial charge is 0.251 e. The van der Waals surface area contributed by atoms with Gasteiger partial charge < -0.3 is 10.4 Å². The highest BCUT2D eigenvalue weighted by Crippen LogP contribution is 2.08. The summed E-state index contributed by atoms with van der Waals surface area (Å²) in [5.41, 5.74) is -1.29. The van der Waals surface area contributed by atoms with Crippen molar-refractivity contribution in [3.8, 4) is 0 Å². The van der Waals surface area contributed by atoms with E-state index in [4.69, 9.17) is 0 Å². The predicted molar refractivity (Wildman–Crippen MR) is 52.5 cm³/mol. The number of carbonyl (C=O) groups excluding carboxylic acids is 1. The predicted octanol–water partition coefficient (Wildman–Crippen LogP) is 1.14. The van der Waals surface area contributed by atoms with Crippen LogP contribution in [0.25, 0.3) is 0 Å². The van der Waals surface area contributed by atoms with Crippen LogP contribution in [0.5, 0.6) is 0 Å². The molecule has 1 heterocycles. The highest BCUT2D eigenvalue weighted by atomic mass is 32.1. The van der Waals surface area contributed by atoms with Crippen molar-refractivity contribution in [1.82, 2.24) is 5.32 Å². The fraction of sp³-hybridized carbons (Fsp3) is 0.444. The topological polar surface area (TPSA) is 49.3 Å². The number of aliphatic hydroxyl groups is 1. The Morgan fingerprint density at radius 2 is 2.38 bits per heavy atom. The number of nitrogens with one attached hydrogen (secondary N) is 1. The van der Waals surface area contributed by atoms with E-state index < -0.39 is 5.60 Å². The molecule has 0 aliphatic carbocycles. The van der Waals surface area contributed by atoms with Crippen molar-refractivity contribution in [2.24, 2.45) is 0 Å². The molecular weight excluding hydrogens is 186 g/mol. The molecule has 1 aromatic rings. The molecule has 0 saturated heterocycles. The molecule has 13 heavy (non-hydrogen) atoms. The summed E-state index contributed by atoms with van der Waals surface area (Å²) in [4.78, 5) is 12.3. The van der Waals surface area contributed by atoms with Crippen molar-refractivity contribution in [1.29, 1.82) is 0 Å². The van der Waals surface area contributed by atoms with Crippen LogP contribution in [0.15, 0.2) is 17.5 Å². The minimum atomic E-state index is -1.29. The van der Waals surface area contributed by atoms with Crippen LogP contribution in [-0.2, 0) is 11.3 Å². The fourth-order valence-corrected chi connectivity index (χ4v) is 1.44. The van der Waals surface area contributed by atoms with Gasteiger partial charge in [-0.1, -0.05) is 6.07 Å². The molecule has 0 atom stereocenters. The van der Waals surface area contributed by atoms with Gasteiger partial charge in [-0.2, -0.15) is 0 Å². The van der Waals surface area contributed by atoms with Crippen LogP contribution >= 0.6 is 11.3 Å². The van der Waals surface area contributed by atoms with E-state index in [1.807, 2.05) is 17.5 Å². The van der Waals surface area contributed by atoms with Crippen LogP contribution in [0, 0.1) is 0 Å². The summed E-state index contributed by atoms with van der Waals surface area (Å²) >= 11 is 1.58. The van der Waals surface area contributed by atoms with Crippen molar-refractivity contribution < 1.29 is 9.90 Å². The first-order chi connectivity index (χ1) is 6.00.